The number of carbonyl (C=O) groups is 1. The van der Waals surface area contributed by atoms with Gasteiger partial charge in [0.1, 0.15) is 22.9 Å². The zero-order valence-electron chi connectivity index (χ0n) is 15.1. The van der Waals surface area contributed by atoms with Crippen LogP contribution in [-0.4, -0.2) is 50.5 Å². The van der Waals surface area contributed by atoms with Crippen LogP contribution in [0.1, 0.15) is 22.5 Å². The van der Waals surface area contributed by atoms with E-state index in [-0.39, 0.29) is 23.5 Å². The number of hydrogen-bond donors (Lipinski definition) is 1. The maximum Gasteiger partial charge on any atom is 0.269 e. The van der Waals surface area contributed by atoms with Gasteiger partial charge in [-0.25, -0.2) is 13.1 Å². The molecule has 3 rings (SSSR count). The van der Waals surface area contributed by atoms with Gasteiger partial charge in [0.25, 0.3) is 5.91 Å². The predicted molar refractivity (Wildman–Crippen MR) is 97.8 cm³/mol. The monoisotopic (exact) mass is 377 g/mol. The molecule has 1 amide bonds. The summed E-state index contributed by atoms with van der Waals surface area (Å²) >= 11 is 0. The van der Waals surface area contributed by atoms with E-state index in [1.54, 1.807) is 21.1 Å². The summed E-state index contributed by atoms with van der Waals surface area (Å²) in [6.07, 6.45) is 2.83. The Hall–Kier alpha value is -2.32. The van der Waals surface area contributed by atoms with Crippen molar-refractivity contribution in [1.29, 1.82) is 0 Å². The van der Waals surface area contributed by atoms with E-state index < -0.39 is 10.0 Å². The number of para-hydroxylation sites is 1. The van der Waals surface area contributed by atoms with E-state index in [1.807, 2.05) is 24.3 Å². The number of sulfonamides is 1. The SMILES string of the molecule is CN(C)C(=O)c1cc(S(=O)(=O)NC2CCc3ccccc3OC2)cn1C. The van der Waals surface area contributed by atoms with Gasteiger partial charge in [0.15, 0.2) is 0 Å². The van der Waals surface area contributed by atoms with Crippen molar-refractivity contribution in [3.05, 3.63) is 47.8 Å². The molecule has 0 fully saturated rings. The summed E-state index contributed by atoms with van der Waals surface area (Å²) in [6, 6.07) is 8.79. The summed E-state index contributed by atoms with van der Waals surface area (Å²) in [7, 11) is 1.16. The number of nitrogens with one attached hydrogen (secondary N) is 1. The Labute approximate surface area is 153 Å². The highest BCUT2D eigenvalue weighted by Gasteiger charge is 2.26. The van der Waals surface area contributed by atoms with E-state index in [9.17, 15) is 13.2 Å². The fourth-order valence-electron chi connectivity index (χ4n) is 2.96. The van der Waals surface area contributed by atoms with E-state index in [2.05, 4.69) is 4.72 Å². The van der Waals surface area contributed by atoms with Crippen LogP contribution in [0.2, 0.25) is 0 Å². The zero-order chi connectivity index (χ0) is 18.9. The third kappa shape index (κ3) is 3.76. The second-order valence-corrected chi connectivity index (χ2v) is 8.36. The number of nitrogens with zero attached hydrogens (tertiary/aromatic N) is 2. The van der Waals surface area contributed by atoms with Crippen LogP contribution in [0.5, 0.6) is 5.75 Å². The van der Waals surface area contributed by atoms with Crippen LogP contribution >= 0.6 is 0 Å². The Morgan fingerprint density at radius 2 is 2.04 bits per heavy atom. The first-order valence-corrected chi connectivity index (χ1v) is 9.87. The zero-order valence-corrected chi connectivity index (χ0v) is 15.9. The summed E-state index contributed by atoms with van der Waals surface area (Å²) in [5.74, 6) is 0.551. The fraction of sp³-hybridized carbons (Fsp3) is 0.389. The number of aryl methyl sites for hydroxylation is 2. The third-order valence-corrected chi connectivity index (χ3v) is 5.90. The van der Waals surface area contributed by atoms with Gasteiger partial charge in [0.05, 0.1) is 6.04 Å². The van der Waals surface area contributed by atoms with Gasteiger partial charge in [0, 0.05) is 27.3 Å². The van der Waals surface area contributed by atoms with Crippen molar-refractivity contribution < 1.29 is 17.9 Å². The van der Waals surface area contributed by atoms with Gasteiger partial charge in [-0.15, -0.1) is 0 Å². The minimum atomic E-state index is -3.75. The Bertz CT molecular complexity index is 891. The lowest BCUT2D eigenvalue weighted by Crippen LogP contribution is -2.38. The number of hydrogen-bond acceptors (Lipinski definition) is 4. The maximum atomic E-state index is 12.7. The van der Waals surface area contributed by atoms with Crippen LogP contribution in [-0.2, 0) is 23.5 Å². The van der Waals surface area contributed by atoms with Crippen LogP contribution in [0, 0.1) is 0 Å². The van der Waals surface area contributed by atoms with E-state index in [4.69, 9.17) is 4.74 Å². The van der Waals surface area contributed by atoms with Gasteiger partial charge in [-0.2, -0.15) is 0 Å². The normalized spacial score (nSPS) is 17.1. The molecule has 1 unspecified atom stereocenters. The molecule has 1 aromatic carbocycles. The summed E-state index contributed by atoms with van der Waals surface area (Å²) < 4.78 is 35.5. The summed E-state index contributed by atoms with van der Waals surface area (Å²) in [4.78, 5) is 13.6. The number of carbonyl (C=O) groups excluding carboxylic acids is 1. The maximum absolute atomic E-state index is 12.7. The molecule has 1 aliphatic heterocycles. The van der Waals surface area contributed by atoms with E-state index in [0.717, 1.165) is 17.7 Å². The van der Waals surface area contributed by atoms with Gasteiger partial charge in [-0.3, -0.25) is 4.79 Å². The first-order chi connectivity index (χ1) is 12.3. The van der Waals surface area contributed by atoms with Crippen LogP contribution in [0.15, 0.2) is 41.4 Å². The minimum Gasteiger partial charge on any atom is -0.492 e. The molecule has 1 aromatic heterocycles. The molecule has 2 heterocycles. The molecule has 0 saturated heterocycles. The van der Waals surface area contributed by atoms with Crippen molar-refractivity contribution in [2.75, 3.05) is 20.7 Å². The highest BCUT2D eigenvalue weighted by atomic mass is 32.2. The van der Waals surface area contributed by atoms with Crippen molar-refractivity contribution in [1.82, 2.24) is 14.2 Å². The molecule has 0 saturated carbocycles. The molecule has 1 atom stereocenters. The molecule has 8 heteroatoms. The predicted octanol–water partition coefficient (Wildman–Crippen LogP) is 1.40. The highest BCUT2D eigenvalue weighted by Crippen LogP contribution is 2.24. The first-order valence-electron chi connectivity index (χ1n) is 8.39. The van der Waals surface area contributed by atoms with Crippen molar-refractivity contribution >= 4 is 15.9 Å². The largest absolute Gasteiger partial charge is 0.492 e. The smallest absolute Gasteiger partial charge is 0.269 e. The number of aromatic nitrogens is 1. The van der Waals surface area contributed by atoms with E-state index >= 15 is 0 Å². The van der Waals surface area contributed by atoms with Crippen molar-refractivity contribution in [3.8, 4) is 5.75 Å². The van der Waals surface area contributed by atoms with Crippen molar-refractivity contribution in [2.24, 2.45) is 7.05 Å². The number of amides is 1. The first kappa shape index (κ1) is 18.5. The molecule has 0 aliphatic carbocycles. The molecular formula is C18H23N3O4S. The quantitative estimate of drug-likeness (QED) is 0.873. The van der Waals surface area contributed by atoms with E-state index in [1.165, 1.54) is 21.7 Å². The van der Waals surface area contributed by atoms with Gasteiger partial charge in [-0.05, 0) is 30.5 Å². The molecule has 140 valence electrons. The van der Waals surface area contributed by atoms with Gasteiger partial charge in [-0.1, -0.05) is 18.2 Å². The lowest BCUT2D eigenvalue weighted by molar-refractivity contribution is 0.0818. The number of ether oxygens (including phenoxy) is 1. The minimum absolute atomic E-state index is 0.0759. The third-order valence-electron chi connectivity index (χ3n) is 4.41. The summed E-state index contributed by atoms with van der Waals surface area (Å²) in [6.45, 7) is 0.270. The van der Waals surface area contributed by atoms with Crippen molar-refractivity contribution in [2.45, 2.75) is 23.8 Å². The number of fused-ring (bicyclic) bond motifs is 1. The van der Waals surface area contributed by atoms with Crippen LogP contribution in [0.25, 0.3) is 0 Å². The summed E-state index contributed by atoms with van der Waals surface area (Å²) in [5, 5.41) is 0. The summed E-state index contributed by atoms with van der Waals surface area (Å²) in [5.41, 5.74) is 1.40. The molecule has 7 nitrogen and oxygen atoms in total. The molecule has 1 aliphatic rings. The van der Waals surface area contributed by atoms with Crippen molar-refractivity contribution in [3.63, 3.8) is 0 Å². The molecule has 0 bridgehead atoms. The number of benzene rings is 1. The molecular weight excluding hydrogens is 354 g/mol. The number of rotatable bonds is 4. The van der Waals surface area contributed by atoms with E-state index in [0.29, 0.717) is 12.1 Å². The standard InChI is InChI=1S/C18H23N3O4S/c1-20(2)18(22)16-10-15(11-21(16)3)26(23,24)19-14-9-8-13-6-4-5-7-17(13)25-12-14/h4-7,10-11,14,19H,8-9,12H2,1-3H3. The molecule has 1 N–H and O–H groups in total. The Morgan fingerprint density at radius 1 is 1.31 bits per heavy atom. The fourth-order valence-corrected chi connectivity index (χ4v) is 4.28. The van der Waals surface area contributed by atoms with Gasteiger partial charge in [0.2, 0.25) is 10.0 Å². The van der Waals surface area contributed by atoms with Gasteiger partial charge >= 0.3 is 0 Å². The Balaban J connectivity index is 1.76. The average molecular weight is 377 g/mol. The Morgan fingerprint density at radius 3 is 2.77 bits per heavy atom. The van der Waals surface area contributed by atoms with Crippen LogP contribution in [0.4, 0.5) is 0 Å². The lowest BCUT2D eigenvalue weighted by Gasteiger charge is -2.15. The average Bonchev–Trinajstić information content (AvgIpc) is 2.88. The topological polar surface area (TPSA) is 80.6 Å². The molecule has 2 aromatic rings. The lowest BCUT2D eigenvalue weighted by atomic mass is 10.1. The molecule has 0 radical (unpaired) electrons. The Kier molecular flexibility index (Phi) is 5.06. The second-order valence-electron chi connectivity index (χ2n) is 6.65. The van der Waals surface area contributed by atoms with Gasteiger partial charge < -0.3 is 14.2 Å². The molecule has 26 heavy (non-hydrogen) atoms. The van der Waals surface area contributed by atoms with Crippen LogP contribution in [0.3, 0.4) is 0 Å². The van der Waals surface area contributed by atoms with Crippen LogP contribution < -0.4 is 9.46 Å². The molecule has 0 spiro atoms. The second kappa shape index (κ2) is 7.13. The highest BCUT2D eigenvalue weighted by molar-refractivity contribution is 7.89.